The van der Waals surface area contributed by atoms with Gasteiger partial charge in [0.2, 0.25) is 11.8 Å². The van der Waals surface area contributed by atoms with Crippen molar-refractivity contribution in [1.29, 1.82) is 0 Å². The van der Waals surface area contributed by atoms with Crippen LogP contribution in [0.5, 0.6) is 0 Å². The minimum atomic E-state index is -0.223. The predicted molar refractivity (Wildman–Crippen MR) is 53.9 cm³/mol. The standard InChI is InChI=1S/C9H13NO3S/c1-2-14-7-6-8(12)10(9(7)13)4-3-5-11/h5,7H,2-4,6H2,1H3. The molecule has 5 heteroatoms. The molecular formula is C9H13NO3S. The van der Waals surface area contributed by atoms with E-state index in [1.807, 2.05) is 6.92 Å². The second kappa shape index (κ2) is 5.14. The molecule has 0 radical (unpaired) electrons. The van der Waals surface area contributed by atoms with Crippen molar-refractivity contribution in [3.05, 3.63) is 0 Å². The molecule has 1 atom stereocenters. The van der Waals surface area contributed by atoms with Gasteiger partial charge in [0, 0.05) is 19.4 Å². The Morgan fingerprint density at radius 3 is 2.86 bits per heavy atom. The molecule has 1 fully saturated rings. The molecule has 1 aliphatic heterocycles. The third-order valence-electron chi connectivity index (χ3n) is 2.04. The molecule has 2 amide bonds. The average molecular weight is 215 g/mol. The Kier molecular flexibility index (Phi) is 4.13. The van der Waals surface area contributed by atoms with Gasteiger partial charge in [-0.15, -0.1) is 11.8 Å². The van der Waals surface area contributed by atoms with Crippen LogP contribution in [0.3, 0.4) is 0 Å². The number of carbonyl (C=O) groups is 3. The predicted octanol–water partition coefficient (Wildman–Crippen LogP) is 0.456. The van der Waals surface area contributed by atoms with Crippen molar-refractivity contribution in [3.63, 3.8) is 0 Å². The first-order chi connectivity index (χ1) is 6.70. The fourth-order valence-electron chi connectivity index (χ4n) is 1.40. The lowest BCUT2D eigenvalue weighted by Crippen LogP contribution is -2.32. The van der Waals surface area contributed by atoms with E-state index in [0.29, 0.717) is 0 Å². The first-order valence-corrected chi connectivity index (χ1v) is 5.65. The summed E-state index contributed by atoms with van der Waals surface area (Å²) in [6.07, 6.45) is 1.25. The smallest absolute Gasteiger partial charge is 0.242 e. The number of amides is 2. The molecule has 78 valence electrons. The molecule has 0 aromatic heterocycles. The van der Waals surface area contributed by atoms with Crippen LogP contribution in [0.4, 0.5) is 0 Å². The van der Waals surface area contributed by atoms with Gasteiger partial charge in [-0.05, 0) is 5.75 Å². The summed E-state index contributed by atoms with van der Waals surface area (Å²) in [5.74, 6) is 0.539. The first kappa shape index (κ1) is 11.2. The van der Waals surface area contributed by atoms with Crippen LogP contribution in [-0.2, 0) is 14.4 Å². The van der Waals surface area contributed by atoms with Crippen LogP contribution in [-0.4, -0.2) is 40.5 Å². The van der Waals surface area contributed by atoms with E-state index in [9.17, 15) is 14.4 Å². The summed E-state index contributed by atoms with van der Waals surface area (Å²) in [5, 5.41) is -0.223. The van der Waals surface area contributed by atoms with E-state index in [-0.39, 0.29) is 36.5 Å². The van der Waals surface area contributed by atoms with E-state index in [1.54, 1.807) is 0 Å². The van der Waals surface area contributed by atoms with E-state index in [2.05, 4.69) is 0 Å². The molecule has 14 heavy (non-hydrogen) atoms. The van der Waals surface area contributed by atoms with E-state index >= 15 is 0 Å². The average Bonchev–Trinajstić information content (AvgIpc) is 2.41. The van der Waals surface area contributed by atoms with Crippen LogP contribution in [0, 0.1) is 0 Å². The molecule has 1 saturated heterocycles. The molecule has 1 aliphatic rings. The van der Waals surface area contributed by atoms with Crippen molar-refractivity contribution < 1.29 is 14.4 Å². The number of nitrogens with zero attached hydrogens (tertiary/aromatic N) is 1. The van der Waals surface area contributed by atoms with Gasteiger partial charge in [-0.2, -0.15) is 0 Å². The van der Waals surface area contributed by atoms with Crippen molar-refractivity contribution in [2.75, 3.05) is 12.3 Å². The van der Waals surface area contributed by atoms with Crippen molar-refractivity contribution in [1.82, 2.24) is 4.90 Å². The molecule has 4 nitrogen and oxygen atoms in total. The molecule has 0 spiro atoms. The molecule has 1 rings (SSSR count). The molecule has 0 aromatic rings. The van der Waals surface area contributed by atoms with E-state index in [1.165, 1.54) is 16.7 Å². The molecule has 0 aromatic carbocycles. The second-order valence-corrected chi connectivity index (χ2v) is 4.47. The van der Waals surface area contributed by atoms with Gasteiger partial charge in [0.1, 0.15) is 6.29 Å². The Morgan fingerprint density at radius 2 is 2.29 bits per heavy atom. The highest BCUT2D eigenvalue weighted by molar-refractivity contribution is 8.00. The third kappa shape index (κ3) is 2.35. The van der Waals surface area contributed by atoms with Gasteiger partial charge >= 0.3 is 0 Å². The highest BCUT2D eigenvalue weighted by atomic mass is 32.2. The number of carbonyl (C=O) groups excluding carboxylic acids is 3. The number of thioether (sulfide) groups is 1. The summed E-state index contributed by atoms with van der Waals surface area (Å²) in [6.45, 7) is 2.19. The van der Waals surface area contributed by atoms with Gasteiger partial charge in [-0.3, -0.25) is 14.5 Å². The summed E-state index contributed by atoms with van der Waals surface area (Å²) < 4.78 is 0. The zero-order valence-corrected chi connectivity index (χ0v) is 8.88. The van der Waals surface area contributed by atoms with E-state index in [4.69, 9.17) is 0 Å². The Labute approximate surface area is 87.0 Å². The van der Waals surface area contributed by atoms with Gasteiger partial charge in [-0.25, -0.2) is 0 Å². The summed E-state index contributed by atoms with van der Waals surface area (Å²) in [7, 11) is 0. The lowest BCUT2D eigenvalue weighted by atomic mass is 10.4. The SMILES string of the molecule is CCSC1CC(=O)N(CCC=O)C1=O. The zero-order chi connectivity index (χ0) is 10.6. The van der Waals surface area contributed by atoms with Crippen LogP contribution >= 0.6 is 11.8 Å². The monoisotopic (exact) mass is 215 g/mol. The quantitative estimate of drug-likeness (QED) is 0.494. The third-order valence-corrected chi connectivity index (χ3v) is 3.14. The van der Waals surface area contributed by atoms with Crippen LogP contribution in [0.25, 0.3) is 0 Å². The number of likely N-dealkylation sites (tertiary alicyclic amines) is 1. The summed E-state index contributed by atoms with van der Waals surface area (Å²) in [5.41, 5.74) is 0. The highest BCUT2D eigenvalue weighted by Gasteiger charge is 2.37. The fourth-order valence-corrected chi connectivity index (χ4v) is 2.33. The second-order valence-electron chi connectivity index (χ2n) is 2.99. The van der Waals surface area contributed by atoms with Crippen LogP contribution in [0.15, 0.2) is 0 Å². The Hall–Kier alpha value is -0.840. The molecule has 0 aliphatic carbocycles. The molecule has 1 unspecified atom stereocenters. The Balaban J connectivity index is 2.55. The highest BCUT2D eigenvalue weighted by Crippen LogP contribution is 2.24. The van der Waals surface area contributed by atoms with Crippen LogP contribution in [0.1, 0.15) is 19.8 Å². The maximum atomic E-state index is 11.6. The lowest BCUT2D eigenvalue weighted by molar-refractivity contribution is -0.138. The van der Waals surface area contributed by atoms with Crippen LogP contribution < -0.4 is 0 Å². The van der Waals surface area contributed by atoms with Crippen LogP contribution in [0.2, 0.25) is 0 Å². The topological polar surface area (TPSA) is 54.5 Å². The molecule has 0 bridgehead atoms. The normalized spacial score (nSPS) is 21.8. The molecule has 0 saturated carbocycles. The Morgan fingerprint density at radius 1 is 1.57 bits per heavy atom. The van der Waals surface area contributed by atoms with E-state index in [0.717, 1.165) is 12.0 Å². The van der Waals surface area contributed by atoms with Crippen molar-refractivity contribution in [2.45, 2.75) is 25.0 Å². The zero-order valence-electron chi connectivity index (χ0n) is 8.06. The first-order valence-electron chi connectivity index (χ1n) is 4.60. The lowest BCUT2D eigenvalue weighted by Gasteiger charge is -2.12. The van der Waals surface area contributed by atoms with Crippen molar-refractivity contribution in [3.8, 4) is 0 Å². The van der Waals surface area contributed by atoms with Gasteiger partial charge < -0.3 is 4.79 Å². The number of hydrogen-bond donors (Lipinski definition) is 0. The summed E-state index contributed by atoms with van der Waals surface area (Å²) in [6, 6.07) is 0. The maximum absolute atomic E-state index is 11.6. The van der Waals surface area contributed by atoms with Gasteiger partial charge in [0.25, 0.3) is 0 Å². The number of hydrogen-bond acceptors (Lipinski definition) is 4. The maximum Gasteiger partial charge on any atom is 0.242 e. The minimum Gasteiger partial charge on any atom is -0.303 e. The fraction of sp³-hybridized carbons (Fsp3) is 0.667. The van der Waals surface area contributed by atoms with E-state index < -0.39 is 0 Å². The number of aldehydes is 1. The van der Waals surface area contributed by atoms with Crippen molar-refractivity contribution >= 4 is 29.9 Å². The van der Waals surface area contributed by atoms with Gasteiger partial charge in [-0.1, -0.05) is 6.92 Å². The molecule has 1 heterocycles. The number of imide groups is 1. The molecule has 0 N–H and O–H groups in total. The van der Waals surface area contributed by atoms with Gasteiger partial charge in [0.05, 0.1) is 5.25 Å². The number of rotatable bonds is 5. The minimum absolute atomic E-state index is 0.135. The summed E-state index contributed by atoms with van der Waals surface area (Å²) >= 11 is 1.49. The summed E-state index contributed by atoms with van der Waals surface area (Å²) in [4.78, 5) is 34.3. The largest absolute Gasteiger partial charge is 0.303 e. The molecular weight excluding hydrogens is 202 g/mol. The van der Waals surface area contributed by atoms with Gasteiger partial charge in [0.15, 0.2) is 0 Å². The van der Waals surface area contributed by atoms with Crippen molar-refractivity contribution in [2.24, 2.45) is 0 Å². The Bertz CT molecular complexity index is 254.